The number of carbonyl (C=O) groups excluding carboxylic acids is 1. The summed E-state index contributed by atoms with van der Waals surface area (Å²) in [7, 11) is -0.535. The molecule has 0 atom stereocenters. The van der Waals surface area contributed by atoms with E-state index in [1.807, 2.05) is 72.7 Å². The van der Waals surface area contributed by atoms with Crippen LogP contribution in [0, 0.1) is 0 Å². The maximum absolute atomic E-state index is 12.6. The lowest BCUT2D eigenvalue weighted by Crippen LogP contribution is -2.41. The molecule has 1 heterocycles. The number of benzene rings is 3. The van der Waals surface area contributed by atoms with Crippen molar-refractivity contribution in [1.82, 2.24) is 0 Å². The third kappa shape index (κ3) is 4.15. The van der Waals surface area contributed by atoms with E-state index < -0.39 is 30.0 Å². The van der Waals surface area contributed by atoms with Gasteiger partial charge in [-0.15, -0.1) is 0 Å². The Morgan fingerprint density at radius 2 is 1.55 bits per heavy atom. The standard InChI is InChI=1S/C25H30BNO4/c1-23(2,3)29-22(28)27-21-15-17(26-30-24(4,5)25(6,7)31-26)14-20-18-11-9-8-10-16(18)12-13-19(20)21/h8-15H,1-7H3,(H,27,28). The van der Waals surface area contributed by atoms with Gasteiger partial charge in [0.1, 0.15) is 5.60 Å². The summed E-state index contributed by atoms with van der Waals surface area (Å²) in [5.41, 5.74) is 0.0280. The Balaban J connectivity index is 1.85. The first-order valence-electron chi connectivity index (χ1n) is 10.7. The van der Waals surface area contributed by atoms with Crippen molar-refractivity contribution < 1.29 is 18.8 Å². The van der Waals surface area contributed by atoms with Crippen LogP contribution in [0.5, 0.6) is 0 Å². The summed E-state index contributed by atoms with van der Waals surface area (Å²) in [6, 6.07) is 16.3. The predicted octanol–water partition coefficient (Wildman–Crippen LogP) is 5.64. The molecule has 1 aliphatic rings. The quantitative estimate of drug-likeness (QED) is 0.432. The fourth-order valence-corrected chi connectivity index (χ4v) is 3.77. The van der Waals surface area contributed by atoms with Crippen LogP contribution in [-0.4, -0.2) is 30.0 Å². The van der Waals surface area contributed by atoms with Gasteiger partial charge in [-0.3, -0.25) is 5.32 Å². The molecule has 0 saturated carbocycles. The molecule has 3 aromatic carbocycles. The van der Waals surface area contributed by atoms with Crippen LogP contribution in [0.3, 0.4) is 0 Å². The summed E-state index contributed by atoms with van der Waals surface area (Å²) in [6.45, 7) is 13.7. The van der Waals surface area contributed by atoms with Gasteiger partial charge in [-0.1, -0.05) is 42.5 Å². The summed E-state index contributed by atoms with van der Waals surface area (Å²) in [4.78, 5) is 12.6. The minimum absolute atomic E-state index is 0.454. The minimum atomic E-state index is -0.587. The summed E-state index contributed by atoms with van der Waals surface area (Å²) in [5, 5.41) is 7.13. The lowest BCUT2D eigenvalue weighted by atomic mass is 9.77. The van der Waals surface area contributed by atoms with Crippen molar-refractivity contribution in [2.24, 2.45) is 0 Å². The van der Waals surface area contributed by atoms with Crippen LogP contribution in [0.25, 0.3) is 21.5 Å². The number of nitrogens with one attached hydrogen (secondary N) is 1. The van der Waals surface area contributed by atoms with Gasteiger partial charge in [0.25, 0.3) is 0 Å². The van der Waals surface area contributed by atoms with Gasteiger partial charge in [0.05, 0.1) is 16.9 Å². The van der Waals surface area contributed by atoms with Crippen LogP contribution in [-0.2, 0) is 14.0 Å². The second-order valence-corrected chi connectivity index (χ2v) is 10.2. The number of hydrogen-bond donors (Lipinski definition) is 1. The van der Waals surface area contributed by atoms with Gasteiger partial charge in [-0.2, -0.15) is 0 Å². The monoisotopic (exact) mass is 419 g/mol. The zero-order chi connectivity index (χ0) is 22.6. The molecule has 0 radical (unpaired) electrons. The van der Waals surface area contributed by atoms with Gasteiger partial charge < -0.3 is 14.0 Å². The van der Waals surface area contributed by atoms with Gasteiger partial charge >= 0.3 is 13.2 Å². The van der Waals surface area contributed by atoms with E-state index in [1.165, 1.54) is 0 Å². The van der Waals surface area contributed by atoms with Crippen molar-refractivity contribution in [1.29, 1.82) is 0 Å². The van der Waals surface area contributed by atoms with E-state index in [2.05, 4.69) is 29.6 Å². The smallest absolute Gasteiger partial charge is 0.444 e. The molecule has 0 bridgehead atoms. The van der Waals surface area contributed by atoms with Crippen LogP contribution in [0.4, 0.5) is 10.5 Å². The molecule has 6 heteroatoms. The van der Waals surface area contributed by atoms with Crippen LogP contribution >= 0.6 is 0 Å². The third-order valence-corrected chi connectivity index (χ3v) is 6.04. The van der Waals surface area contributed by atoms with Gasteiger partial charge in [0.15, 0.2) is 0 Å². The van der Waals surface area contributed by atoms with E-state index in [0.29, 0.717) is 5.69 Å². The normalized spacial score (nSPS) is 17.8. The van der Waals surface area contributed by atoms with E-state index in [-0.39, 0.29) is 0 Å². The first-order chi connectivity index (χ1) is 14.4. The second kappa shape index (κ2) is 7.25. The van der Waals surface area contributed by atoms with E-state index in [0.717, 1.165) is 27.0 Å². The maximum atomic E-state index is 12.6. The molecule has 1 saturated heterocycles. The van der Waals surface area contributed by atoms with Gasteiger partial charge in [-0.05, 0) is 76.2 Å². The molecule has 5 nitrogen and oxygen atoms in total. The van der Waals surface area contributed by atoms with Crippen molar-refractivity contribution in [2.45, 2.75) is 65.3 Å². The summed E-state index contributed by atoms with van der Waals surface area (Å²) >= 11 is 0. The summed E-state index contributed by atoms with van der Waals surface area (Å²) < 4.78 is 18.1. The van der Waals surface area contributed by atoms with Gasteiger partial charge in [0, 0.05) is 5.39 Å². The first kappa shape index (κ1) is 21.7. The van der Waals surface area contributed by atoms with Crippen LogP contribution in [0.2, 0.25) is 0 Å². The first-order valence-corrected chi connectivity index (χ1v) is 10.7. The molecule has 31 heavy (non-hydrogen) atoms. The highest BCUT2D eigenvalue weighted by molar-refractivity contribution is 6.62. The largest absolute Gasteiger partial charge is 0.494 e. The zero-order valence-electron chi connectivity index (χ0n) is 19.3. The number of amides is 1. The Hall–Kier alpha value is -2.57. The van der Waals surface area contributed by atoms with E-state index >= 15 is 0 Å². The number of fused-ring (bicyclic) bond motifs is 3. The molecular formula is C25H30BNO4. The molecule has 0 spiro atoms. The fraction of sp³-hybridized carbons (Fsp3) is 0.400. The number of anilines is 1. The van der Waals surface area contributed by atoms with Gasteiger partial charge in [0.2, 0.25) is 0 Å². The van der Waals surface area contributed by atoms with E-state index in [4.69, 9.17) is 14.0 Å². The van der Waals surface area contributed by atoms with Crippen molar-refractivity contribution >= 4 is 45.9 Å². The molecule has 162 valence electrons. The maximum Gasteiger partial charge on any atom is 0.494 e. The lowest BCUT2D eigenvalue weighted by Gasteiger charge is -2.32. The molecule has 1 aliphatic heterocycles. The highest BCUT2D eigenvalue weighted by Crippen LogP contribution is 2.37. The topological polar surface area (TPSA) is 56.8 Å². The molecule has 4 rings (SSSR count). The summed E-state index contributed by atoms with van der Waals surface area (Å²) in [6.07, 6.45) is -0.493. The molecule has 3 aromatic rings. The van der Waals surface area contributed by atoms with Crippen molar-refractivity contribution in [3.8, 4) is 0 Å². The highest BCUT2D eigenvalue weighted by Gasteiger charge is 2.51. The van der Waals surface area contributed by atoms with Gasteiger partial charge in [-0.25, -0.2) is 4.79 Å². The Kier molecular flexibility index (Phi) is 5.06. The van der Waals surface area contributed by atoms with E-state index in [9.17, 15) is 4.79 Å². The summed E-state index contributed by atoms with van der Waals surface area (Å²) in [5.74, 6) is 0. The molecule has 1 N–H and O–H groups in total. The average Bonchev–Trinajstić information content (AvgIpc) is 2.87. The zero-order valence-corrected chi connectivity index (χ0v) is 19.3. The molecule has 1 amide bonds. The van der Waals surface area contributed by atoms with Crippen molar-refractivity contribution in [3.05, 3.63) is 48.5 Å². The number of ether oxygens (including phenoxy) is 1. The van der Waals surface area contributed by atoms with Crippen LogP contribution in [0.15, 0.2) is 48.5 Å². The van der Waals surface area contributed by atoms with Crippen LogP contribution in [0.1, 0.15) is 48.5 Å². The minimum Gasteiger partial charge on any atom is -0.444 e. The molecule has 0 aliphatic carbocycles. The fourth-order valence-electron chi connectivity index (χ4n) is 3.77. The number of hydrogen-bond acceptors (Lipinski definition) is 4. The third-order valence-electron chi connectivity index (χ3n) is 6.04. The Morgan fingerprint density at radius 1 is 0.903 bits per heavy atom. The Bertz CT molecular complexity index is 1150. The lowest BCUT2D eigenvalue weighted by molar-refractivity contribution is 0.00578. The number of carbonyl (C=O) groups is 1. The number of rotatable bonds is 2. The second-order valence-electron chi connectivity index (χ2n) is 10.2. The Morgan fingerprint density at radius 3 is 2.19 bits per heavy atom. The van der Waals surface area contributed by atoms with Crippen LogP contribution < -0.4 is 10.8 Å². The molecule has 1 fully saturated rings. The average molecular weight is 419 g/mol. The van der Waals surface area contributed by atoms with Crippen molar-refractivity contribution in [2.75, 3.05) is 5.32 Å². The molecule has 0 unspecified atom stereocenters. The molecular weight excluding hydrogens is 389 g/mol. The predicted molar refractivity (Wildman–Crippen MR) is 127 cm³/mol. The SMILES string of the molecule is CC(C)(C)OC(=O)Nc1cc(B2OC(C)(C)C(C)(C)O2)cc2c1ccc1ccccc12. The Labute approximate surface area is 184 Å². The van der Waals surface area contributed by atoms with Crippen molar-refractivity contribution in [3.63, 3.8) is 0 Å². The van der Waals surface area contributed by atoms with E-state index in [1.54, 1.807) is 0 Å². The highest BCUT2D eigenvalue weighted by atomic mass is 16.7. The molecule has 0 aromatic heterocycles.